The van der Waals surface area contributed by atoms with E-state index in [1.807, 2.05) is 31.2 Å². The van der Waals surface area contributed by atoms with E-state index >= 15 is 0 Å². The Morgan fingerprint density at radius 3 is 2.74 bits per heavy atom. The predicted molar refractivity (Wildman–Crippen MR) is 100 cm³/mol. The van der Waals surface area contributed by atoms with E-state index in [0.717, 1.165) is 18.7 Å². The first-order chi connectivity index (χ1) is 13.2. The van der Waals surface area contributed by atoms with Gasteiger partial charge in [-0.3, -0.25) is 4.79 Å². The van der Waals surface area contributed by atoms with Crippen molar-refractivity contribution in [1.29, 1.82) is 0 Å². The lowest BCUT2D eigenvalue weighted by Crippen LogP contribution is -3.08. The van der Waals surface area contributed by atoms with Crippen LogP contribution in [-0.4, -0.2) is 25.5 Å². The summed E-state index contributed by atoms with van der Waals surface area (Å²) in [5, 5.41) is 12.4. The molecule has 0 spiro atoms. The molecule has 0 bridgehead atoms. The molecule has 0 aliphatic carbocycles. The summed E-state index contributed by atoms with van der Waals surface area (Å²) < 4.78 is 11.5. The number of rotatable bonds is 5. The second-order valence-corrected chi connectivity index (χ2v) is 6.96. The molecule has 2 aromatic carbocycles. The Hall–Kier alpha value is -2.79. The minimum absolute atomic E-state index is 0.0584. The first-order valence-corrected chi connectivity index (χ1v) is 9.50. The lowest BCUT2D eigenvalue weighted by atomic mass is 10.0. The minimum atomic E-state index is -0.186. The number of nitrogens with one attached hydrogen (secondary N) is 1. The summed E-state index contributed by atoms with van der Waals surface area (Å²) in [4.78, 5) is 14.2. The molecule has 2 heterocycles. The lowest BCUT2D eigenvalue weighted by molar-refractivity contribution is -0.901. The summed E-state index contributed by atoms with van der Waals surface area (Å²) in [5.41, 5.74) is 1.87. The Kier molecular flexibility index (Phi) is 4.86. The number of Topliss-reactive ketones (excluding diaryl/α,β-unsaturated/α-hetero) is 1. The van der Waals surface area contributed by atoms with E-state index in [-0.39, 0.29) is 17.3 Å². The molecule has 0 atom stereocenters. The Morgan fingerprint density at radius 2 is 1.96 bits per heavy atom. The first kappa shape index (κ1) is 17.6. The van der Waals surface area contributed by atoms with Gasteiger partial charge >= 0.3 is 0 Å². The van der Waals surface area contributed by atoms with E-state index in [9.17, 15) is 9.90 Å². The lowest BCUT2D eigenvalue weighted by Gasteiger charge is -2.19. The molecule has 5 nitrogen and oxygen atoms in total. The van der Waals surface area contributed by atoms with Gasteiger partial charge in [0.15, 0.2) is 5.76 Å². The zero-order valence-electron chi connectivity index (χ0n) is 15.4. The molecule has 1 fully saturated rings. The van der Waals surface area contributed by atoms with Gasteiger partial charge in [-0.25, -0.2) is 0 Å². The third-order valence-electron chi connectivity index (χ3n) is 5.14. The van der Waals surface area contributed by atoms with Crippen molar-refractivity contribution >= 4 is 11.9 Å². The Labute approximate surface area is 158 Å². The molecule has 5 heteroatoms. The molecule has 2 aromatic rings. The topological polar surface area (TPSA) is 63.0 Å². The average molecular weight is 365 g/mol. The SMILES string of the molecule is CCOc1ccccc1/C=C1\Oc2c(ccc([O-])c2C[NH+]2CCCC2)C1=O. The van der Waals surface area contributed by atoms with E-state index in [1.54, 1.807) is 12.1 Å². The van der Waals surface area contributed by atoms with Gasteiger partial charge in [-0.05, 0) is 25.1 Å². The third-order valence-corrected chi connectivity index (χ3v) is 5.14. The van der Waals surface area contributed by atoms with Crippen molar-refractivity contribution in [2.75, 3.05) is 19.7 Å². The molecule has 4 rings (SSSR count). The van der Waals surface area contributed by atoms with Gasteiger partial charge in [0.25, 0.3) is 0 Å². The highest BCUT2D eigenvalue weighted by Crippen LogP contribution is 2.38. The quantitative estimate of drug-likeness (QED) is 0.823. The highest BCUT2D eigenvalue weighted by atomic mass is 16.5. The number of ether oxygens (including phenoxy) is 2. The fourth-order valence-electron chi connectivity index (χ4n) is 3.79. The van der Waals surface area contributed by atoms with E-state index in [0.29, 0.717) is 35.8 Å². The van der Waals surface area contributed by atoms with Gasteiger partial charge in [0.05, 0.1) is 25.3 Å². The largest absolute Gasteiger partial charge is 0.872 e. The molecule has 140 valence electrons. The maximum absolute atomic E-state index is 12.8. The van der Waals surface area contributed by atoms with Crippen LogP contribution in [0.4, 0.5) is 0 Å². The normalized spacial score (nSPS) is 18.0. The number of benzene rings is 2. The molecule has 1 saturated heterocycles. The molecular formula is C22H23NO4. The number of ketones is 1. The van der Waals surface area contributed by atoms with E-state index in [1.165, 1.54) is 23.8 Å². The summed E-state index contributed by atoms with van der Waals surface area (Å²) in [7, 11) is 0. The molecule has 0 amide bonds. The van der Waals surface area contributed by atoms with Crippen LogP contribution in [0.15, 0.2) is 42.2 Å². The van der Waals surface area contributed by atoms with E-state index in [2.05, 4.69) is 0 Å². The molecule has 0 unspecified atom stereocenters. The zero-order chi connectivity index (χ0) is 18.8. The average Bonchev–Trinajstić information content (AvgIpc) is 3.28. The smallest absolute Gasteiger partial charge is 0.231 e. The molecular weight excluding hydrogens is 342 g/mol. The van der Waals surface area contributed by atoms with Crippen LogP contribution in [0.3, 0.4) is 0 Å². The molecule has 0 saturated carbocycles. The summed E-state index contributed by atoms with van der Waals surface area (Å²) in [6.45, 7) is 5.18. The number of carbonyl (C=O) groups excluding carboxylic acids is 1. The van der Waals surface area contributed by atoms with Crippen LogP contribution < -0.4 is 19.5 Å². The van der Waals surface area contributed by atoms with Crippen molar-refractivity contribution in [3.8, 4) is 17.2 Å². The molecule has 2 aliphatic heterocycles. The second kappa shape index (κ2) is 7.45. The number of allylic oxidation sites excluding steroid dienone is 1. The molecule has 1 N–H and O–H groups in total. The fourth-order valence-corrected chi connectivity index (χ4v) is 3.79. The van der Waals surface area contributed by atoms with Gasteiger partial charge in [-0.1, -0.05) is 30.0 Å². The van der Waals surface area contributed by atoms with Gasteiger partial charge in [-0.2, -0.15) is 0 Å². The number of hydrogen-bond donors (Lipinski definition) is 1. The molecule has 27 heavy (non-hydrogen) atoms. The van der Waals surface area contributed by atoms with Crippen LogP contribution >= 0.6 is 0 Å². The monoisotopic (exact) mass is 365 g/mol. The number of quaternary nitrogens is 1. The minimum Gasteiger partial charge on any atom is -0.872 e. The van der Waals surface area contributed by atoms with Crippen LogP contribution in [-0.2, 0) is 6.54 Å². The first-order valence-electron chi connectivity index (χ1n) is 9.50. The highest BCUT2D eigenvalue weighted by Gasteiger charge is 2.31. The van der Waals surface area contributed by atoms with E-state index in [4.69, 9.17) is 9.47 Å². The van der Waals surface area contributed by atoms with Gasteiger partial charge < -0.3 is 19.5 Å². The van der Waals surface area contributed by atoms with Gasteiger partial charge in [0, 0.05) is 24.0 Å². The number of fused-ring (bicyclic) bond motifs is 1. The predicted octanol–water partition coefficient (Wildman–Crippen LogP) is 1.95. The second-order valence-electron chi connectivity index (χ2n) is 6.96. The maximum atomic E-state index is 12.8. The number of carbonyl (C=O) groups is 1. The number of hydrogen-bond acceptors (Lipinski definition) is 4. The third kappa shape index (κ3) is 3.43. The van der Waals surface area contributed by atoms with E-state index < -0.39 is 0 Å². The van der Waals surface area contributed by atoms with Crippen molar-refractivity contribution in [2.45, 2.75) is 26.3 Å². The van der Waals surface area contributed by atoms with Gasteiger partial charge in [0.1, 0.15) is 18.0 Å². The summed E-state index contributed by atoms with van der Waals surface area (Å²) >= 11 is 0. The zero-order valence-corrected chi connectivity index (χ0v) is 15.4. The summed E-state index contributed by atoms with van der Waals surface area (Å²) in [6, 6.07) is 10.6. The van der Waals surface area contributed by atoms with Crippen molar-refractivity contribution in [3.05, 3.63) is 58.8 Å². The Morgan fingerprint density at radius 1 is 1.19 bits per heavy atom. The molecule has 0 aromatic heterocycles. The Bertz CT molecular complexity index is 897. The summed E-state index contributed by atoms with van der Waals surface area (Å²) in [5.74, 6) is 1.13. The molecule has 0 radical (unpaired) electrons. The van der Waals surface area contributed by atoms with Crippen LogP contribution in [0.1, 0.15) is 41.3 Å². The maximum Gasteiger partial charge on any atom is 0.231 e. The van der Waals surface area contributed by atoms with Crippen molar-refractivity contribution in [1.82, 2.24) is 0 Å². The molecule has 2 aliphatic rings. The highest BCUT2D eigenvalue weighted by molar-refractivity contribution is 6.15. The van der Waals surface area contributed by atoms with Crippen molar-refractivity contribution in [3.63, 3.8) is 0 Å². The van der Waals surface area contributed by atoms with Gasteiger partial charge in [0.2, 0.25) is 5.78 Å². The van der Waals surface area contributed by atoms with Crippen LogP contribution in [0.2, 0.25) is 0 Å². The number of para-hydroxylation sites is 1. The van der Waals surface area contributed by atoms with Crippen LogP contribution in [0.25, 0.3) is 6.08 Å². The summed E-state index contributed by atoms with van der Waals surface area (Å²) in [6.07, 6.45) is 4.06. The standard InChI is InChI=1S/C22H23NO4/c1-2-26-19-8-4-3-7-15(19)13-20-21(25)16-9-10-18(24)17(22(16)27-20)14-23-11-5-6-12-23/h3-4,7-10,13,24H,2,5-6,11-12,14H2,1H3/b20-13-. The number of likely N-dealkylation sites (tertiary alicyclic amines) is 1. The fraction of sp³-hybridized carbons (Fsp3) is 0.318. The Balaban J connectivity index is 1.68. The van der Waals surface area contributed by atoms with Crippen molar-refractivity contribution in [2.24, 2.45) is 0 Å². The van der Waals surface area contributed by atoms with Gasteiger partial charge in [-0.15, -0.1) is 0 Å². The van der Waals surface area contributed by atoms with Crippen LogP contribution in [0, 0.1) is 0 Å². The van der Waals surface area contributed by atoms with Crippen LogP contribution in [0.5, 0.6) is 17.2 Å². The van der Waals surface area contributed by atoms with Crippen molar-refractivity contribution < 1.29 is 24.3 Å².